The molecular weight excluding hydrogens is 268 g/mol. The third-order valence-corrected chi connectivity index (χ3v) is 3.22. The van der Waals surface area contributed by atoms with Crippen molar-refractivity contribution in [2.45, 2.75) is 19.4 Å². The van der Waals surface area contributed by atoms with E-state index in [0.717, 1.165) is 11.3 Å². The van der Waals surface area contributed by atoms with Gasteiger partial charge < -0.3 is 19.8 Å². The summed E-state index contributed by atoms with van der Waals surface area (Å²) in [4.78, 5) is 14.9. The van der Waals surface area contributed by atoms with E-state index in [1.54, 1.807) is 14.2 Å². The highest BCUT2D eigenvalue weighted by atomic mass is 16.5. The van der Waals surface area contributed by atoms with Gasteiger partial charge in [0, 0.05) is 24.9 Å². The molecule has 0 unspecified atom stereocenters. The van der Waals surface area contributed by atoms with Gasteiger partial charge in [-0.3, -0.25) is 4.79 Å². The second-order valence-electron chi connectivity index (χ2n) is 4.66. The van der Waals surface area contributed by atoms with Gasteiger partial charge in [0.2, 0.25) is 5.91 Å². The van der Waals surface area contributed by atoms with Crippen LogP contribution in [0.1, 0.15) is 17.7 Å². The molecule has 0 atom stereocenters. The Labute approximate surface area is 124 Å². The summed E-state index contributed by atoms with van der Waals surface area (Å²) in [6.07, 6.45) is 3.04. The zero-order valence-electron chi connectivity index (χ0n) is 12.3. The van der Waals surface area contributed by atoms with E-state index in [4.69, 9.17) is 9.47 Å². The molecule has 21 heavy (non-hydrogen) atoms. The fraction of sp³-hybridized carbons (Fsp3) is 0.312. The van der Waals surface area contributed by atoms with Crippen LogP contribution in [0.3, 0.4) is 0 Å². The van der Waals surface area contributed by atoms with Gasteiger partial charge in [0.25, 0.3) is 0 Å². The van der Waals surface area contributed by atoms with Crippen molar-refractivity contribution < 1.29 is 14.3 Å². The predicted octanol–water partition coefficient (Wildman–Crippen LogP) is 2.28. The van der Waals surface area contributed by atoms with Crippen molar-refractivity contribution in [3.8, 4) is 11.5 Å². The van der Waals surface area contributed by atoms with E-state index in [2.05, 4.69) is 10.3 Å². The third kappa shape index (κ3) is 4.27. The largest absolute Gasteiger partial charge is 0.493 e. The topological polar surface area (TPSA) is 63.3 Å². The summed E-state index contributed by atoms with van der Waals surface area (Å²) in [6, 6.07) is 9.51. The second kappa shape index (κ2) is 7.38. The fourth-order valence-electron chi connectivity index (χ4n) is 2.05. The van der Waals surface area contributed by atoms with E-state index in [9.17, 15) is 4.79 Å². The van der Waals surface area contributed by atoms with Crippen molar-refractivity contribution >= 4 is 5.91 Å². The number of carbonyl (C=O) groups excluding carboxylic acids is 1. The Bertz CT molecular complexity index is 579. The van der Waals surface area contributed by atoms with Gasteiger partial charge >= 0.3 is 0 Å². The van der Waals surface area contributed by atoms with Crippen LogP contribution in [-0.2, 0) is 17.8 Å². The highest BCUT2D eigenvalue weighted by molar-refractivity contribution is 5.76. The van der Waals surface area contributed by atoms with Crippen molar-refractivity contribution in [3.05, 3.63) is 47.8 Å². The minimum absolute atomic E-state index is 0.0272. The normalized spacial score (nSPS) is 10.2. The molecular formula is C16H20N2O3. The minimum Gasteiger partial charge on any atom is -0.493 e. The molecule has 1 aromatic carbocycles. The third-order valence-electron chi connectivity index (χ3n) is 3.22. The average molecular weight is 288 g/mol. The van der Waals surface area contributed by atoms with Crippen LogP contribution in [0.25, 0.3) is 0 Å². The maximum atomic E-state index is 11.8. The number of amides is 1. The van der Waals surface area contributed by atoms with E-state index in [0.29, 0.717) is 30.9 Å². The smallest absolute Gasteiger partial charge is 0.220 e. The standard InChI is InChI=1S/C16H20N2O3/c1-20-14-7-5-12(10-15(14)21-2)11-18-16(19)8-6-13-4-3-9-17-13/h3-5,7,9-10,17H,6,8,11H2,1-2H3,(H,18,19). The lowest BCUT2D eigenvalue weighted by Gasteiger charge is -2.10. The maximum absolute atomic E-state index is 11.8. The molecule has 0 saturated carbocycles. The Hall–Kier alpha value is -2.43. The van der Waals surface area contributed by atoms with Crippen LogP contribution < -0.4 is 14.8 Å². The molecule has 2 rings (SSSR count). The Morgan fingerprint density at radius 1 is 1.19 bits per heavy atom. The summed E-state index contributed by atoms with van der Waals surface area (Å²) < 4.78 is 10.4. The van der Waals surface area contributed by atoms with Gasteiger partial charge in [0.05, 0.1) is 14.2 Å². The molecule has 0 aliphatic heterocycles. The molecule has 0 spiro atoms. The lowest BCUT2D eigenvalue weighted by atomic mass is 10.2. The summed E-state index contributed by atoms with van der Waals surface area (Å²) in [5.41, 5.74) is 2.04. The first-order chi connectivity index (χ1) is 10.2. The molecule has 0 fully saturated rings. The number of H-pyrrole nitrogens is 1. The Morgan fingerprint density at radius 2 is 2.00 bits per heavy atom. The van der Waals surface area contributed by atoms with Gasteiger partial charge in [-0.1, -0.05) is 6.07 Å². The number of carbonyl (C=O) groups is 1. The SMILES string of the molecule is COc1ccc(CNC(=O)CCc2ccc[nH]2)cc1OC. The number of aryl methyl sites for hydroxylation is 1. The molecule has 1 aromatic heterocycles. The second-order valence-corrected chi connectivity index (χ2v) is 4.66. The molecule has 1 heterocycles. The summed E-state index contributed by atoms with van der Waals surface area (Å²) in [7, 11) is 3.19. The van der Waals surface area contributed by atoms with Gasteiger partial charge in [0.15, 0.2) is 11.5 Å². The molecule has 5 nitrogen and oxygen atoms in total. The molecule has 2 aromatic rings. The Balaban J connectivity index is 1.83. The predicted molar refractivity (Wildman–Crippen MR) is 80.5 cm³/mol. The molecule has 0 aliphatic rings. The van der Waals surface area contributed by atoms with Crippen molar-refractivity contribution in [1.82, 2.24) is 10.3 Å². The number of benzene rings is 1. The quantitative estimate of drug-likeness (QED) is 0.821. The highest BCUT2D eigenvalue weighted by Crippen LogP contribution is 2.27. The molecule has 2 N–H and O–H groups in total. The zero-order valence-corrected chi connectivity index (χ0v) is 12.3. The first-order valence-corrected chi connectivity index (χ1v) is 6.83. The van der Waals surface area contributed by atoms with E-state index >= 15 is 0 Å². The number of rotatable bonds is 7. The molecule has 0 saturated heterocycles. The van der Waals surface area contributed by atoms with Gasteiger partial charge in [0.1, 0.15) is 0 Å². The lowest BCUT2D eigenvalue weighted by molar-refractivity contribution is -0.121. The van der Waals surface area contributed by atoms with Crippen LogP contribution >= 0.6 is 0 Å². The molecule has 5 heteroatoms. The first kappa shape index (κ1) is 15.0. The highest BCUT2D eigenvalue weighted by Gasteiger charge is 2.06. The average Bonchev–Trinajstić information content (AvgIpc) is 3.04. The molecule has 0 radical (unpaired) electrons. The van der Waals surface area contributed by atoms with Crippen LogP contribution in [0.2, 0.25) is 0 Å². The number of ether oxygens (including phenoxy) is 2. The maximum Gasteiger partial charge on any atom is 0.220 e. The van der Waals surface area contributed by atoms with Gasteiger partial charge in [-0.05, 0) is 36.2 Å². The lowest BCUT2D eigenvalue weighted by Crippen LogP contribution is -2.23. The van der Waals surface area contributed by atoms with Crippen LogP contribution in [0, 0.1) is 0 Å². The van der Waals surface area contributed by atoms with Crippen molar-refractivity contribution in [1.29, 1.82) is 0 Å². The summed E-state index contributed by atoms with van der Waals surface area (Å²) in [5.74, 6) is 1.37. The van der Waals surface area contributed by atoms with Crippen molar-refractivity contribution in [2.24, 2.45) is 0 Å². The number of methoxy groups -OCH3 is 2. The van der Waals surface area contributed by atoms with E-state index in [1.807, 2.05) is 36.5 Å². The van der Waals surface area contributed by atoms with Crippen molar-refractivity contribution in [2.75, 3.05) is 14.2 Å². The summed E-state index contributed by atoms with van der Waals surface area (Å²) >= 11 is 0. The van der Waals surface area contributed by atoms with Gasteiger partial charge in [-0.15, -0.1) is 0 Å². The summed E-state index contributed by atoms with van der Waals surface area (Å²) in [6.45, 7) is 0.476. The van der Waals surface area contributed by atoms with E-state index in [-0.39, 0.29) is 5.91 Å². The minimum atomic E-state index is 0.0272. The van der Waals surface area contributed by atoms with E-state index < -0.39 is 0 Å². The van der Waals surface area contributed by atoms with Crippen LogP contribution in [0.15, 0.2) is 36.5 Å². The van der Waals surface area contributed by atoms with Crippen molar-refractivity contribution in [3.63, 3.8) is 0 Å². The van der Waals surface area contributed by atoms with Crippen LogP contribution in [-0.4, -0.2) is 25.1 Å². The van der Waals surface area contributed by atoms with Gasteiger partial charge in [-0.2, -0.15) is 0 Å². The Kier molecular flexibility index (Phi) is 5.26. The van der Waals surface area contributed by atoms with Gasteiger partial charge in [-0.25, -0.2) is 0 Å². The monoisotopic (exact) mass is 288 g/mol. The first-order valence-electron chi connectivity index (χ1n) is 6.83. The van der Waals surface area contributed by atoms with E-state index in [1.165, 1.54) is 0 Å². The number of aromatic amines is 1. The molecule has 112 valence electrons. The zero-order chi connectivity index (χ0) is 15.1. The van der Waals surface area contributed by atoms with Crippen LogP contribution in [0.4, 0.5) is 0 Å². The molecule has 0 bridgehead atoms. The number of hydrogen-bond acceptors (Lipinski definition) is 3. The molecule has 1 amide bonds. The summed E-state index contributed by atoms with van der Waals surface area (Å²) in [5, 5.41) is 2.90. The molecule has 0 aliphatic carbocycles. The number of hydrogen-bond donors (Lipinski definition) is 2. The van der Waals surface area contributed by atoms with Crippen LogP contribution in [0.5, 0.6) is 11.5 Å². The fourth-order valence-corrected chi connectivity index (χ4v) is 2.05. The number of nitrogens with one attached hydrogen (secondary N) is 2. The Morgan fingerprint density at radius 3 is 2.67 bits per heavy atom. The number of aromatic nitrogens is 1.